The molecule has 0 bridgehead atoms. The second-order valence-corrected chi connectivity index (χ2v) is 9.68. The van der Waals surface area contributed by atoms with Gasteiger partial charge in [0.2, 0.25) is 0 Å². The van der Waals surface area contributed by atoms with Gasteiger partial charge in [0.1, 0.15) is 6.07 Å². The fraction of sp³-hybridized carbons (Fsp3) is 0.174. The summed E-state index contributed by atoms with van der Waals surface area (Å²) in [6, 6.07) is 9.92. The van der Waals surface area contributed by atoms with Crippen LogP contribution in [0.2, 0.25) is 5.02 Å². The number of fused-ring (bicyclic) bond motifs is 1. The Hall–Kier alpha value is -3.01. The fourth-order valence-corrected chi connectivity index (χ4v) is 4.98. The molecule has 1 N–H and O–H groups in total. The zero-order valence-electron chi connectivity index (χ0n) is 17.7. The first kappa shape index (κ1) is 22.2. The van der Waals surface area contributed by atoms with Crippen LogP contribution in [0.4, 0.5) is 11.4 Å². The zero-order valence-corrected chi connectivity index (χ0v) is 20.1. The predicted octanol–water partition coefficient (Wildman–Crippen LogP) is 5.36. The van der Waals surface area contributed by atoms with Crippen molar-refractivity contribution in [3.8, 4) is 17.9 Å². The molecule has 0 spiro atoms. The van der Waals surface area contributed by atoms with Crippen LogP contribution in [0.25, 0.3) is 10.2 Å². The van der Waals surface area contributed by atoms with E-state index < -0.39 is 0 Å². The van der Waals surface area contributed by atoms with E-state index in [0.717, 1.165) is 30.8 Å². The van der Waals surface area contributed by atoms with E-state index in [0.29, 0.717) is 22.8 Å². The molecule has 160 valence electrons. The van der Waals surface area contributed by atoms with E-state index in [4.69, 9.17) is 11.6 Å². The number of hydrogen-bond acceptors (Lipinski definition) is 7. The van der Waals surface area contributed by atoms with Crippen molar-refractivity contribution in [2.45, 2.75) is 10.1 Å². The molecule has 6 nitrogen and oxygen atoms in total. The smallest absolute Gasteiger partial charge is 0.172 e. The average Bonchev–Trinajstić information content (AvgIpc) is 3.36. The van der Waals surface area contributed by atoms with Crippen molar-refractivity contribution < 1.29 is 0 Å². The maximum Gasteiger partial charge on any atom is 0.172 e. The molecule has 0 aliphatic heterocycles. The minimum absolute atomic E-state index is 0.467. The third-order valence-electron chi connectivity index (χ3n) is 4.45. The third kappa shape index (κ3) is 4.90. The lowest BCUT2D eigenvalue weighted by Crippen LogP contribution is -2.10. The highest BCUT2D eigenvalue weighted by Crippen LogP contribution is 2.37. The Kier molecular flexibility index (Phi) is 6.69. The molecular weight excluding hydrogens is 460 g/mol. The lowest BCUT2D eigenvalue weighted by atomic mass is 10.2. The minimum atomic E-state index is 0.467. The molecule has 0 aliphatic rings. The second-order valence-electron chi connectivity index (χ2n) is 7.22. The van der Waals surface area contributed by atoms with E-state index in [1.54, 1.807) is 12.4 Å². The van der Waals surface area contributed by atoms with E-state index in [2.05, 4.69) is 33.2 Å². The summed E-state index contributed by atoms with van der Waals surface area (Å²) in [5.74, 6) is 6.32. The van der Waals surface area contributed by atoms with Gasteiger partial charge in [-0.25, -0.2) is 4.98 Å². The first-order valence-electron chi connectivity index (χ1n) is 9.62. The van der Waals surface area contributed by atoms with Gasteiger partial charge < -0.3 is 9.88 Å². The van der Waals surface area contributed by atoms with Crippen LogP contribution in [-0.4, -0.2) is 40.1 Å². The number of hydrogen-bond donors (Lipinski definition) is 1. The second kappa shape index (κ2) is 9.64. The summed E-state index contributed by atoms with van der Waals surface area (Å²) < 4.78 is 2.83. The zero-order chi connectivity index (χ0) is 22.7. The Morgan fingerprint density at radius 2 is 2.12 bits per heavy atom. The Morgan fingerprint density at radius 1 is 1.28 bits per heavy atom. The highest BCUT2D eigenvalue weighted by Gasteiger charge is 2.14. The molecule has 0 saturated carbocycles. The monoisotopic (exact) mass is 478 g/mol. The Labute approximate surface area is 199 Å². The van der Waals surface area contributed by atoms with Crippen molar-refractivity contribution in [2.75, 3.05) is 26.0 Å². The van der Waals surface area contributed by atoms with Gasteiger partial charge in [-0.3, -0.25) is 9.88 Å². The maximum absolute atomic E-state index is 9.64. The van der Waals surface area contributed by atoms with Gasteiger partial charge in [0, 0.05) is 36.2 Å². The van der Waals surface area contributed by atoms with E-state index >= 15 is 0 Å². The van der Waals surface area contributed by atoms with Crippen LogP contribution in [0.1, 0.15) is 10.4 Å². The maximum atomic E-state index is 9.64. The molecular formula is C23H19ClN6S2. The molecule has 0 radical (unpaired) electrons. The van der Waals surface area contributed by atoms with Crippen molar-refractivity contribution in [3.63, 3.8) is 0 Å². The summed E-state index contributed by atoms with van der Waals surface area (Å²) in [4.78, 5) is 12.6. The number of pyridine rings is 1. The molecule has 0 unspecified atom stereocenters. The largest absolute Gasteiger partial charge is 0.353 e. The molecule has 0 fully saturated rings. The molecule has 3 aromatic heterocycles. The van der Waals surface area contributed by atoms with E-state index in [-0.39, 0.29) is 0 Å². The molecule has 0 saturated heterocycles. The van der Waals surface area contributed by atoms with Gasteiger partial charge in [0.05, 0.1) is 37.9 Å². The lowest BCUT2D eigenvalue weighted by Gasteiger charge is -2.11. The van der Waals surface area contributed by atoms with Gasteiger partial charge in [-0.15, -0.1) is 11.3 Å². The summed E-state index contributed by atoms with van der Waals surface area (Å²) in [6.07, 6.45) is 5.23. The molecule has 3 heterocycles. The average molecular weight is 479 g/mol. The summed E-state index contributed by atoms with van der Waals surface area (Å²) in [5.41, 5.74) is 2.77. The van der Waals surface area contributed by atoms with Crippen molar-refractivity contribution in [2.24, 2.45) is 7.05 Å². The van der Waals surface area contributed by atoms with Crippen molar-refractivity contribution in [1.82, 2.24) is 19.4 Å². The number of aryl methyl sites for hydroxylation is 1. The fourth-order valence-electron chi connectivity index (χ4n) is 2.89. The van der Waals surface area contributed by atoms with Crippen LogP contribution >= 0.6 is 34.7 Å². The van der Waals surface area contributed by atoms with Crippen molar-refractivity contribution in [1.29, 1.82) is 5.26 Å². The SMILES string of the molecule is CN(C)CC#Cc1cc2ncc(C#N)c(Nc3ccc(Sc4nccn4C)c(Cl)c3)c2s1. The van der Waals surface area contributed by atoms with Crippen LogP contribution in [0.3, 0.4) is 0 Å². The van der Waals surface area contributed by atoms with Gasteiger partial charge in [-0.2, -0.15) is 5.26 Å². The Bertz CT molecular complexity index is 1390. The molecule has 4 rings (SSSR count). The number of anilines is 2. The summed E-state index contributed by atoms with van der Waals surface area (Å²) in [7, 11) is 5.90. The van der Waals surface area contributed by atoms with Crippen LogP contribution in [-0.2, 0) is 7.05 Å². The third-order valence-corrected chi connectivity index (χ3v) is 7.08. The molecule has 0 aliphatic carbocycles. The number of nitrogens with one attached hydrogen (secondary N) is 1. The predicted molar refractivity (Wildman–Crippen MR) is 132 cm³/mol. The summed E-state index contributed by atoms with van der Waals surface area (Å²) in [5, 5.41) is 14.5. The molecule has 32 heavy (non-hydrogen) atoms. The van der Waals surface area contributed by atoms with Crippen LogP contribution in [0, 0.1) is 23.2 Å². The van der Waals surface area contributed by atoms with Crippen LogP contribution < -0.4 is 5.32 Å². The first-order chi connectivity index (χ1) is 15.4. The van der Waals surface area contributed by atoms with Crippen LogP contribution in [0.15, 0.2) is 52.9 Å². The van der Waals surface area contributed by atoms with E-state index in [1.165, 1.54) is 23.1 Å². The number of benzene rings is 1. The first-order valence-corrected chi connectivity index (χ1v) is 11.6. The number of aromatic nitrogens is 3. The lowest BCUT2D eigenvalue weighted by molar-refractivity contribution is 0.464. The highest BCUT2D eigenvalue weighted by atomic mass is 35.5. The molecule has 0 atom stereocenters. The summed E-state index contributed by atoms with van der Waals surface area (Å²) >= 11 is 9.57. The van der Waals surface area contributed by atoms with Crippen LogP contribution in [0.5, 0.6) is 0 Å². The normalized spacial score (nSPS) is 10.8. The Morgan fingerprint density at radius 3 is 2.81 bits per heavy atom. The molecule has 0 amide bonds. The highest BCUT2D eigenvalue weighted by molar-refractivity contribution is 7.99. The van der Waals surface area contributed by atoms with Gasteiger partial charge in [-0.1, -0.05) is 35.2 Å². The number of thiophene rings is 1. The van der Waals surface area contributed by atoms with Crippen molar-refractivity contribution in [3.05, 3.63) is 58.3 Å². The molecule has 9 heteroatoms. The summed E-state index contributed by atoms with van der Waals surface area (Å²) in [6.45, 7) is 0.678. The topological polar surface area (TPSA) is 69.8 Å². The number of nitrogens with zero attached hydrogens (tertiary/aromatic N) is 5. The quantitative estimate of drug-likeness (QED) is 0.389. The van der Waals surface area contributed by atoms with E-state index in [1.807, 2.05) is 61.1 Å². The standard InChI is InChI=1S/C23H19ClN6S2/c1-29(2)9-4-5-17-12-19-22(31-17)21(15(13-25)14-27-19)28-16-6-7-20(18(24)11-16)32-23-26-8-10-30(23)3/h6-8,10-12,14H,9H2,1-3H3,(H,27,28). The van der Waals surface area contributed by atoms with Gasteiger partial charge in [0.25, 0.3) is 0 Å². The van der Waals surface area contributed by atoms with Gasteiger partial charge in [0.15, 0.2) is 5.16 Å². The Balaban J connectivity index is 1.65. The van der Waals surface area contributed by atoms with Gasteiger partial charge >= 0.3 is 0 Å². The number of nitriles is 1. The molecule has 1 aromatic carbocycles. The van der Waals surface area contributed by atoms with E-state index in [9.17, 15) is 5.26 Å². The number of imidazole rings is 1. The minimum Gasteiger partial charge on any atom is -0.353 e. The number of halogens is 1. The van der Waals surface area contributed by atoms with Gasteiger partial charge in [-0.05, 0) is 38.4 Å². The molecule has 4 aromatic rings. The number of rotatable bonds is 5. The van der Waals surface area contributed by atoms with Crippen molar-refractivity contribution >= 4 is 56.3 Å².